The van der Waals surface area contributed by atoms with Crippen LogP contribution in [0, 0.1) is 0 Å². The van der Waals surface area contributed by atoms with Crippen molar-refractivity contribution in [2.45, 2.75) is 93.6 Å². The van der Waals surface area contributed by atoms with Crippen LogP contribution in [0.5, 0.6) is 0 Å². The third kappa shape index (κ3) is 4.74. The first kappa shape index (κ1) is 23.2. The van der Waals surface area contributed by atoms with Crippen LogP contribution in [0.25, 0.3) is 0 Å². The van der Waals surface area contributed by atoms with Crippen LogP contribution in [0.15, 0.2) is 0 Å². The van der Waals surface area contributed by atoms with Crippen molar-refractivity contribution < 1.29 is 59.4 Å². The first-order chi connectivity index (χ1) is 13.6. The summed E-state index contributed by atoms with van der Waals surface area (Å²) < 4.78 is 27.2. The normalized spacial score (nSPS) is 54.3. The van der Waals surface area contributed by atoms with Crippen LogP contribution in [0.4, 0.5) is 0 Å². The van der Waals surface area contributed by atoms with Gasteiger partial charge in [-0.3, -0.25) is 0 Å². The average molecular weight is 426 g/mol. The third-order valence-electron chi connectivity index (χ3n) is 5.54. The highest BCUT2D eigenvalue weighted by atomic mass is 16.7. The van der Waals surface area contributed by atoms with Gasteiger partial charge in [-0.05, 0) is 13.8 Å². The van der Waals surface area contributed by atoms with Crippen molar-refractivity contribution >= 4 is 0 Å². The van der Waals surface area contributed by atoms with Gasteiger partial charge in [-0.25, -0.2) is 0 Å². The van der Waals surface area contributed by atoms with Crippen LogP contribution in [-0.4, -0.2) is 129 Å². The quantitative estimate of drug-likeness (QED) is 0.230. The molecule has 0 radical (unpaired) electrons. The van der Waals surface area contributed by atoms with Gasteiger partial charge in [0.15, 0.2) is 12.6 Å². The second kappa shape index (κ2) is 9.34. The van der Waals surface area contributed by atoms with Gasteiger partial charge >= 0.3 is 0 Å². The number of ether oxygens (including phenoxy) is 5. The second-order valence-electron chi connectivity index (χ2n) is 7.74. The Bertz CT molecular complexity index is 537. The third-order valence-corrected chi connectivity index (χ3v) is 5.54. The number of aliphatic hydroxyl groups is 7. The monoisotopic (exact) mass is 426 g/mol. The van der Waals surface area contributed by atoms with E-state index in [1.165, 1.54) is 6.92 Å². The molecule has 3 fully saturated rings. The number of rotatable bonds is 4. The molecule has 0 aromatic rings. The van der Waals surface area contributed by atoms with E-state index < -0.39 is 79.7 Å². The lowest BCUT2D eigenvalue weighted by Crippen LogP contribution is -2.63. The molecule has 13 atom stereocenters. The zero-order valence-electron chi connectivity index (χ0n) is 16.1. The summed E-state index contributed by atoms with van der Waals surface area (Å²) in [4.78, 5) is 0. The number of aliphatic hydroxyl groups excluding tert-OH is 7. The van der Waals surface area contributed by atoms with Crippen molar-refractivity contribution in [3.8, 4) is 0 Å². The highest BCUT2D eigenvalue weighted by molar-refractivity contribution is 4.93. The van der Waals surface area contributed by atoms with Crippen LogP contribution in [0.1, 0.15) is 13.8 Å². The van der Waals surface area contributed by atoms with E-state index in [0.717, 1.165) is 0 Å². The number of hydrogen-bond donors (Lipinski definition) is 7. The zero-order valence-corrected chi connectivity index (χ0v) is 16.1. The van der Waals surface area contributed by atoms with Crippen molar-refractivity contribution in [3.63, 3.8) is 0 Å². The molecular weight excluding hydrogens is 396 g/mol. The lowest BCUT2D eigenvalue weighted by atomic mass is 9.97. The summed E-state index contributed by atoms with van der Waals surface area (Å²) in [5.74, 6) is 0. The molecule has 29 heavy (non-hydrogen) atoms. The van der Waals surface area contributed by atoms with Crippen molar-refractivity contribution in [2.24, 2.45) is 0 Å². The van der Waals surface area contributed by atoms with Crippen LogP contribution in [0.3, 0.4) is 0 Å². The molecule has 0 aromatic heterocycles. The van der Waals surface area contributed by atoms with Crippen molar-refractivity contribution in [1.29, 1.82) is 0 Å². The fourth-order valence-electron chi connectivity index (χ4n) is 3.65. The summed E-state index contributed by atoms with van der Waals surface area (Å²) in [7, 11) is 0. The average Bonchev–Trinajstić information content (AvgIpc) is 2.68. The minimum absolute atomic E-state index is 0.0600. The van der Waals surface area contributed by atoms with Crippen LogP contribution >= 0.6 is 0 Å². The maximum absolute atomic E-state index is 10.5. The van der Waals surface area contributed by atoms with E-state index in [0.29, 0.717) is 0 Å². The minimum Gasteiger partial charge on any atom is -0.388 e. The Morgan fingerprint density at radius 3 is 1.79 bits per heavy atom. The van der Waals surface area contributed by atoms with Gasteiger partial charge in [0.2, 0.25) is 0 Å². The van der Waals surface area contributed by atoms with Crippen molar-refractivity contribution in [2.75, 3.05) is 13.2 Å². The largest absolute Gasteiger partial charge is 0.388 e. The SMILES string of the molecule is CC1OCC(O)C(O)C1OC1OC(C)C(OC2OCC(O)C(O)C2O)C(O)C1O. The maximum Gasteiger partial charge on any atom is 0.187 e. The van der Waals surface area contributed by atoms with Gasteiger partial charge in [-0.1, -0.05) is 0 Å². The van der Waals surface area contributed by atoms with Gasteiger partial charge in [0.05, 0.1) is 25.4 Å². The van der Waals surface area contributed by atoms with Crippen LogP contribution in [0.2, 0.25) is 0 Å². The Morgan fingerprint density at radius 1 is 0.586 bits per heavy atom. The molecule has 0 bridgehead atoms. The first-order valence-corrected chi connectivity index (χ1v) is 9.57. The Hall–Kier alpha value is -0.480. The first-order valence-electron chi connectivity index (χ1n) is 9.57. The number of hydrogen-bond acceptors (Lipinski definition) is 12. The summed E-state index contributed by atoms with van der Waals surface area (Å²) in [6.07, 6.45) is -16.2. The van der Waals surface area contributed by atoms with Gasteiger partial charge in [0, 0.05) is 0 Å². The van der Waals surface area contributed by atoms with Gasteiger partial charge in [0.1, 0.15) is 54.9 Å². The van der Waals surface area contributed by atoms with E-state index in [-0.39, 0.29) is 13.2 Å². The van der Waals surface area contributed by atoms with Gasteiger partial charge in [0.25, 0.3) is 0 Å². The standard InChI is InChI=1S/C17H30O12/c1-5-14(10(21)8(19)3-25-5)29-17-13(24)11(22)15(6(2)27-17)28-16-12(23)9(20)7(18)4-26-16/h5-24H,3-4H2,1-2H3. The van der Waals surface area contributed by atoms with Crippen molar-refractivity contribution in [1.82, 2.24) is 0 Å². The molecular formula is C17H30O12. The van der Waals surface area contributed by atoms with Gasteiger partial charge < -0.3 is 59.4 Å². The van der Waals surface area contributed by atoms with Crippen LogP contribution < -0.4 is 0 Å². The molecule has 13 unspecified atom stereocenters. The Balaban J connectivity index is 1.63. The van der Waals surface area contributed by atoms with E-state index in [4.69, 9.17) is 23.7 Å². The summed E-state index contributed by atoms with van der Waals surface area (Å²) in [5, 5.41) is 70.0. The summed E-state index contributed by atoms with van der Waals surface area (Å²) >= 11 is 0. The fourth-order valence-corrected chi connectivity index (χ4v) is 3.65. The van der Waals surface area contributed by atoms with E-state index in [2.05, 4.69) is 0 Å². The molecule has 3 heterocycles. The summed E-state index contributed by atoms with van der Waals surface area (Å²) in [6, 6.07) is 0. The molecule has 0 aliphatic carbocycles. The highest BCUT2D eigenvalue weighted by Gasteiger charge is 2.50. The van der Waals surface area contributed by atoms with E-state index in [1.807, 2.05) is 0 Å². The van der Waals surface area contributed by atoms with Crippen LogP contribution in [-0.2, 0) is 23.7 Å². The molecule has 3 aliphatic heterocycles. The second-order valence-corrected chi connectivity index (χ2v) is 7.74. The van der Waals surface area contributed by atoms with E-state index >= 15 is 0 Å². The molecule has 12 nitrogen and oxygen atoms in total. The minimum atomic E-state index is -1.59. The summed E-state index contributed by atoms with van der Waals surface area (Å²) in [5.41, 5.74) is 0. The predicted octanol–water partition coefficient (Wildman–Crippen LogP) is -4.20. The lowest BCUT2D eigenvalue weighted by Gasteiger charge is -2.46. The van der Waals surface area contributed by atoms with Gasteiger partial charge in [-0.2, -0.15) is 0 Å². The molecule has 3 rings (SSSR count). The van der Waals surface area contributed by atoms with E-state index in [9.17, 15) is 35.7 Å². The molecule has 0 aromatic carbocycles. The van der Waals surface area contributed by atoms with E-state index in [1.54, 1.807) is 6.92 Å². The molecule has 0 amide bonds. The molecule has 0 spiro atoms. The van der Waals surface area contributed by atoms with Gasteiger partial charge in [-0.15, -0.1) is 0 Å². The smallest absolute Gasteiger partial charge is 0.187 e. The molecule has 7 N–H and O–H groups in total. The Morgan fingerprint density at radius 2 is 1.10 bits per heavy atom. The fraction of sp³-hybridized carbons (Fsp3) is 1.00. The van der Waals surface area contributed by atoms with Crippen molar-refractivity contribution in [3.05, 3.63) is 0 Å². The summed E-state index contributed by atoms with van der Waals surface area (Å²) in [6.45, 7) is 2.81. The topological polar surface area (TPSA) is 188 Å². The zero-order chi connectivity index (χ0) is 21.5. The molecule has 170 valence electrons. The molecule has 0 saturated carbocycles. The predicted molar refractivity (Wildman–Crippen MR) is 91.3 cm³/mol. The molecule has 3 saturated heterocycles. The Kier molecular flexibility index (Phi) is 7.47. The molecule has 12 heteroatoms. The highest BCUT2D eigenvalue weighted by Crippen LogP contribution is 2.30. The maximum atomic E-state index is 10.5. The Labute approximate surface area is 167 Å². The molecule has 3 aliphatic rings. The lowest BCUT2D eigenvalue weighted by molar-refractivity contribution is -0.358.